The van der Waals surface area contributed by atoms with Gasteiger partial charge in [-0.1, -0.05) is 11.8 Å². The molecule has 0 unspecified atom stereocenters. The first kappa shape index (κ1) is 9.02. The zero-order valence-corrected chi connectivity index (χ0v) is 8.24. The molecule has 2 aromatic rings. The van der Waals surface area contributed by atoms with Crippen molar-refractivity contribution in [1.29, 1.82) is 0 Å². The number of rotatable bonds is 2. The Bertz CT molecular complexity index is 399. The minimum atomic E-state index is 0.542. The van der Waals surface area contributed by atoms with E-state index in [-0.39, 0.29) is 0 Å². The third kappa shape index (κ3) is 2.23. The highest BCUT2D eigenvalue weighted by atomic mass is 32.2. The van der Waals surface area contributed by atoms with Gasteiger partial charge in [0.05, 0.1) is 0 Å². The molecule has 14 heavy (non-hydrogen) atoms. The minimum Gasteiger partial charge on any atom is -0.384 e. The Kier molecular flexibility index (Phi) is 2.65. The molecule has 70 valence electrons. The van der Waals surface area contributed by atoms with E-state index in [1.54, 1.807) is 30.2 Å². The van der Waals surface area contributed by atoms with Crippen molar-refractivity contribution < 1.29 is 0 Å². The van der Waals surface area contributed by atoms with Crippen molar-refractivity contribution in [3.63, 3.8) is 0 Å². The van der Waals surface area contributed by atoms with Crippen molar-refractivity contribution in [3.8, 4) is 0 Å². The molecule has 0 fully saturated rings. The van der Waals surface area contributed by atoms with E-state index in [4.69, 9.17) is 5.73 Å². The van der Waals surface area contributed by atoms with Crippen molar-refractivity contribution in [2.45, 2.75) is 9.79 Å². The second kappa shape index (κ2) is 4.11. The van der Waals surface area contributed by atoms with Gasteiger partial charge in [0.15, 0.2) is 0 Å². The Morgan fingerprint density at radius 2 is 1.93 bits per heavy atom. The molecule has 0 spiro atoms. The fourth-order valence-corrected chi connectivity index (χ4v) is 1.77. The normalized spacial score (nSPS) is 10.0. The quantitative estimate of drug-likeness (QED) is 0.813. The van der Waals surface area contributed by atoms with Gasteiger partial charge in [0.25, 0.3) is 0 Å². The lowest BCUT2D eigenvalue weighted by Crippen LogP contribution is -1.87. The number of anilines is 1. The van der Waals surface area contributed by atoms with E-state index in [1.807, 2.05) is 24.4 Å². The number of aromatic nitrogens is 2. The standard InChI is InChI=1S/C10H9N3S/c11-10-4-3-9(7-13-10)14-8-2-1-5-12-6-8/h1-7H,(H2,11,13). The van der Waals surface area contributed by atoms with Crippen molar-refractivity contribution in [2.24, 2.45) is 0 Å². The first-order chi connectivity index (χ1) is 6.84. The molecular formula is C10H9N3S. The summed E-state index contributed by atoms with van der Waals surface area (Å²) in [5.41, 5.74) is 5.49. The van der Waals surface area contributed by atoms with E-state index >= 15 is 0 Å². The van der Waals surface area contributed by atoms with Crippen LogP contribution < -0.4 is 5.73 Å². The molecular weight excluding hydrogens is 194 g/mol. The van der Waals surface area contributed by atoms with E-state index in [2.05, 4.69) is 9.97 Å². The first-order valence-corrected chi connectivity index (χ1v) is 4.95. The van der Waals surface area contributed by atoms with E-state index in [0.29, 0.717) is 5.82 Å². The Balaban J connectivity index is 2.16. The molecule has 0 aliphatic rings. The molecule has 2 heterocycles. The van der Waals surface area contributed by atoms with Gasteiger partial charge >= 0.3 is 0 Å². The summed E-state index contributed by atoms with van der Waals surface area (Å²) in [4.78, 5) is 10.2. The lowest BCUT2D eigenvalue weighted by molar-refractivity contribution is 1.22. The third-order valence-corrected chi connectivity index (χ3v) is 2.58. The van der Waals surface area contributed by atoms with Gasteiger partial charge < -0.3 is 5.73 Å². The van der Waals surface area contributed by atoms with Crippen LogP contribution in [0.2, 0.25) is 0 Å². The van der Waals surface area contributed by atoms with Crippen molar-refractivity contribution in [1.82, 2.24) is 9.97 Å². The highest BCUT2D eigenvalue weighted by Crippen LogP contribution is 2.25. The smallest absolute Gasteiger partial charge is 0.123 e. The maximum atomic E-state index is 5.49. The molecule has 0 aliphatic carbocycles. The number of hydrogen-bond acceptors (Lipinski definition) is 4. The predicted octanol–water partition coefficient (Wildman–Crippen LogP) is 2.21. The minimum absolute atomic E-state index is 0.542. The lowest BCUT2D eigenvalue weighted by atomic mass is 10.5. The third-order valence-electron chi connectivity index (χ3n) is 1.63. The van der Waals surface area contributed by atoms with Gasteiger partial charge in [0.1, 0.15) is 5.82 Å². The number of nitrogen functional groups attached to an aromatic ring is 1. The first-order valence-electron chi connectivity index (χ1n) is 4.14. The van der Waals surface area contributed by atoms with Crippen molar-refractivity contribution >= 4 is 17.6 Å². The molecule has 0 amide bonds. The zero-order valence-electron chi connectivity index (χ0n) is 7.42. The van der Waals surface area contributed by atoms with E-state index in [9.17, 15) is 0 Å². The Morgan fingerprint density at radius 1 is 1.07 bits per heavy atom. The summed E-state index contributed by atoms with van der Waals surface area (Å²) in [6.45, 7) is 0. The summed E-state index contributed by atoms with van der Waals surface area (Å²) in [7, 11) is 0. The number of hydrogen-bond donors (Lipinski definition) is 1. The van der Waals surface area contributed by atoms with Crippen LogP contribution in [0.5, 0.6) is 0 Å². The van der Waals surface area contributed by atoms with Gasteiger partial charge in [0.2, 0.25) is 0 Å². The molecule has 2 aromatic heterocycles. The Labute approximate surface area is 86.4 Å². The second-order valence-corrected chi connectivity index (χ2v) is 3.86. The molecule has 0 bridgehead atoms. The average molecular weight is 203 g/mol. The van der Waals surface area contributed by atoms with Crippen LogP contribution in [0.4, 0.5) is 5.82 Å². The molecule has 0 radical (unpaired) electrons. The van der Waals surface area contributed by atoms with Crippen LogP contribution in [0, 0.1) is 0 Å². The van der Waals surface area contributed by atoms with Gasteiger partial charge in [-0.3, -0.25) is 4.98 Å². The highest BCUT2D eigenvalue weighted by Gasteiger charge is 1.96. The summed E-state index contributed by atoms with van der Waals surface area (Å²) in [6, 6.07) is 7.65. The summed E-state index contributed by atoms with van der Waals surface area (Å²) in [5.74, 6) is 0.542. The summed E-state index contributed by atoms with van der Waals surface area (Å²) in [6.07, 6.45) is 5.33. The molecule has 0 saturated heterocycles. The topological polar surface area (TPSA) is 51.8 Å². The Morgan fingerprint density at radius 3 is 2.57 bits per heavy atom. The van der Waals surface area contributed by atoms with E-state index in [0.717, 1.165) is 9.79 Å². The van der Waals surface area contributed by atoms with Crippen LogP contribution in [0.3, 0.4) is 0 Å². The summed E-state index contributed by atoms with van der Waals surface area (Å²) < 4.78 is 0. The molecule has 0 aliphatic heterocycles. The monoisotopic (exact) mass is 203 g/mol. The van der Waals surface area contributed by atoms with Crippen LogP contribution in [-0.4, -0.2) is 9.97 Å². The summed E-state index contributed by atoms with van der Waals surface area (Å²) in [5, 5.41) is 0. The van der Waals surface area contributed by atoms with Gasteiger partial charge in [0, 0.05) is 28.4 Å². The van der Waals surface area contributed by atoms with Gasteiger partial charge in [-0.2, -0.15) is 0 Å². The van der Waals surface area contributed by atoms with Gasteiger partial charge in [-0.05, 0) is 24.3 Å². The van der Waals surface area contributed by atoms with Crippen LogP contribution in [0.25, 0.3) is 0 Å². The number of nitrogens with two attached hydrogens (primary N) is 1. The predicted molar refractivity (Wildman–Crippen MR) is 57.0 cm³/mol. The number of nitrogens with zero attached hydrogens (tertiary/aromatic N) is 2. The summed E-state index contributed by atoms with van der Waals surface area (Å²) >= 11 is 1.62. The molecule has 0 atom stereocenters. The van der Waals surface area contributed by atoms with Crippen LogP contribution in [0.15, 0.2) is 52.6 Å². The maximum Gasteiger partial charge on any atom is 0.123 e. The molecule has 2 rings (SSSR count). The van der Waals surface area contributed by atoms with Crippen molar-refractivity contribution in [3.05, 3.63) is 42.9 Å². The molecule has 0 aromatic carbocycles. The second-order valence-electron chi connectivity index (χ2n) is 2.71. The maximum absolute atomic E-state index is 5.49. The molecule has 3 nitrogen and oxygen atoms in total. The van der Waals surface area contributed by atoms with Crippen molar-refractivity contribution in [2.75, 3.05) is 5.73 Å². The lowest BCUT2D eigenvalue weighted by Gasteiger charge is -1.99. The van der Waals surface area contributed by atoms with E-state index < -0.39 is 0 Å². The van der Waals surface area contributed by atoms with E-state index in [1.165, 1.54) is 0 Å². The number of pyridine rings is 2. The average Bonchev–Trinajstić information content (AvgIpc) is 2.23. The Hall–Kier alpha value is -1.55. The van der Waals surface area contributed by atoms with Crippen LogP contribution in [0.1, 0.15) is 0 Å². The zero-order chi connectivity index (χ0) is 9.80. The highest BCUT2D eigenvalue weighted by molar-refractivity contribution is 7.99. The van der Waals surface area contributed by atoms with Crippen LogP contribution in [-0.2, 0) is 0 Å². The molecule has 4 heteroatoms. The van der Waals surface area contributed by atoms with Gasteiger partial charge in [-0.15, -0.1) is 0 Å². The van der Waals surface area contributed by atoms with Crippen LogP contribution >= 0.6 is 11.8 Å². The fourth-order valence-electron chi connectivity index (χ4n) is 0.996. The SMILES string of the molecule is Nc1ccc(Sc2cccnc2)cn1. The largest absolute Gasteiger partial charge is 0.384 e. The fraction of sp³-hybridized carbons (Fsp3) is 0. The molecule has 2 N–H and O–H groups in total. The van der Waals surface area contributed by atoms with Gasteiger partial charge in [-0.25, -0.2) is 4.98 Å². The molecule has 0 saturated carbocycles.